The molecule has 0 unspecified atom stereocenters. The fourth-order valence-electron chi connectivity index (χ4n) is 1.87. The van der Waals surface area contributed by atoms with Crippen molar-refractivity contribution in [1.29, 1.82) is 0 Å². The summed E-state index contributed by atoms with van der Waals surface area (Å²) < 4.78 is 0.749. The second-order valence-corrected chi connectivity index (χ2v) is 5.82. The second kappa shape index (κ2) is 7.48. The van der Waals surface area contributed by atoms with Crippen molar-refractivity contribution < 1.29 is 4.79 Å². The molecule has 0 bridgehead atoms. The average Bonchev–Trinajstić information content (AvgIpc) is 2.49. The smallest absolute Gasteiger partial charge is 0.257 e. The first-order valence-corrected chi connectivity index (χ1v) is 7.88. The van der Waals surface area contributed by atoms with E-state index in [1.54, 1.807) is 24.3 Å². The van der Waals surface area contributed by atoms with Crippen LogP contribution in [0.15, 0.2) is 46.9 Å². The third-order valence-electron chi connectivity index (χ3n) is 2.91. The molecule has 2 rings (SSSR count). The normalized spacial score (nSPS) is 10.2. The Morgan fingerprint density at radius 1 is 1.24 bits per heavy atom. The van der Waals surface area contributed by atoms with Gasteiger partial charge in [0, 0.05) is 22.4 Å². The van der Waals surface area contributed by atoms with Crippen LogP contribution < -0.4 is 10.6 Å². The van der Waals surface area contributed by atoms with Gasteiger partial charge in [0.1, 0.15) is 0 Å². The molecule has 21 heavy (non-hydrogen) atoms. The summed E-state index contributed by atoms with van der Waals surface area (Å²) in [5.41, 5.74) is 2.16. The van der Waals surface area contributed by atoms with E-state index in [-0.39, 0.29) is 5.91 Å². The number of amides is 1. The molecule has 0 aliphatic carbocycles. The standard InChI is InChI=1S/C16H16BrClN2O/c1-2-9-19-15-6-4-3-5-12(15)16(21)20-11-7-8-14(18)13(17)10-11/h3-8,10,19H,2,9H2,1H3,(H,20,21). The molecule has 0 fully saturated rings. The summed E-state index contributed by atoms with van der Waals surface area (Å²) in [6, 6.07) is 12.8. The Hall–Kier alpha value is -1.52. The highest BCUT2D eigenvalue weighted by atomic mass is 79.9. The molecule has 2 aromatic carbocycles. The van der Waals surface area contributed by atoms with Gasteiger partial charge in [-0.2, -0.15) is 0 Å². The van der Waals surface area contributed by atoms with Crippen LogP contribution in [-0.4, -0.2) is 12.5 Å². The Morgan fingerprint density at radius 3 is 2.71 bits per heavy atom. The molecule has 0 heterocycles. The molecule has 0 saturated heterocycles. The summed E-state index contributed by atoms with van der Waals surface area (Å²) in [5, 5.41) is 6.74. The number of hydrogen-bond acceptors (Lipinski definition) is 2. The SMILES string of the molecule is CCCNc1ccccc1C(=O)Nc1ccc(Cl)c(Br)c1. The second-order valence-electron chi connectivity index (χ2n) is 4.56. The molecular weight excluding hydrogens is 352 g/mol. The third kappa shape index (κ3) is 4.22. The summed E-state index contributed by atoms with van der Waals surface area (Å²) in [5.74, 6) is -0.150. The van der Waals surface area contributed by atoms with E-state index in [2.05, 4.69) is 33.5 Å². The van der Waals surface area contributed by atoms with Crippen molar-refractivity contribution in [3.63, 3.8) is 0 Å². The highest BCUT2D eigenvalue weighted by Crippen LogP contribution is 2.26. The van der Waals surface area contributed by atoms with Gasteiger partial charge in [-0.1, -0.05) is 30.7 Å². The fraction of sp³-hybridized carbons (Fsp3) is 0.188. The Morgan fingerprint density at radius 2 is 2.00 bits per heavy atom. The van der Waals surface area contributed by atoms with Gasteiger partial charge in [0.25, 0.3) is 5.91 Å². The predicted octanol–water partition coefficient (Wildman–Crippen LogP) is 5.18. The van der Waals surface area contributed by atoms with Crippen molar-refractivity contribution in [3.8, 4) is 0 Å². The number of hydrogen-bond donors (Lipinski definition) is 2. The molecule has 0 saturated carbocycles. The van der Waals surface area contributed by atoms with Crippen LogP contribution in [0.2, 0.25) is 5.02 Å². The molecule has 0 radical (unpaired) electrons. The van der Waals surface area contributed by atoms with Gasteiger partial charge in [0.2, 0.25) is 0 Å². The largest absolute Gasteiger partial charge is 0.384 e. The average molecular weight is 368 g/mol. The van der Waals surface area contributed by atoms with E-state index in [1.807, 2.05) is 18.2 Å². The summed E-state index contributed by atoms with van der Waals surface area (Å²) in [4.78, 5) is 12.4. The molecule has 3 nitrogen and oxygen atoms in total. The summed E-state index contributed by atoms with van der Waals surface area (Å²) in [6.07, 6.45) is 1.00. The van der Waals surface area contributed by atoms with Crippen molar-refractivity contribution in [2.24, 2.45) is 0 Å². The molecular formula is C16H16BrClN2O. The molecule has 2 aromatic rings. The lowest BCUT2D eigenvalue weighted by Crippen LogP contribution is -2.15. The number of anilines is 2. The summed E-state index contributed by atoms with van der Waals surface area (Å²) >= 11 is 9.29. The molecule has 0 aliphatic heterocycles. The number of halogens is 2. The van der Waals surface area contributed by atoms with Gasteiger partial charge < -0.3 is 10.6 Å². The summed E-state index contributed by atoms with van der Waals surface area (Å²) in [6.45, 7) is 2.91. The minimum atomic E-state index is -0.150. The van der Waals surface area contributed by atoms with Crippen molar-refractivity contribution in [2.75, 3.05) is 17.2 Å². The van der Waals surface area contributed by atoms with Crippen LogP contribution in [0.25, 0.3) is 0 Å². The van der Waals surface area contributed by atoms with E-state index in [9.17, 15) is 4.79 Å². The molecule has 5 heteroatoms. The van der Waals surface area contributed by atoms with Gasteiger partial charge in [-0.3, -0.25) is 4.79 Å². The number of rotatable bonds is 5. The maximum atomic E-state index is 12.4. The van der Waals surface area contributed by atoms with Crippen LogP contribution in [0, 0.1) is 0 Å². The van der Waals surface area contributed by atoms with Gasteiger partial charge in [0.05, 0.1) is 10.6 Å². The van der Waals surface area contributed by atoms with Crippen LogP contribution in [0.1, 0.15) is 23.7 Å². The zero-order valence-corrected chi connectivity index (χ0v) is 14.0. The zero-order chi connectivity index (χ0) is 15.2. The highest BCUT2D eigenvalue weighted by Gasteiger charge is 2.11. The molecule has 1 amide bonds. The first kappa shape index (κ1) is 15.9. The summed E-state index contributed by atoms with van der Waals surface area (Å²) in [7, 11) is 0. The first-order chi connectivity index (χ1) is 10.1. The predicted molar refractivity (Wildman–Crippen MR) is 92.3 cm³/mol. The molecule has 110 valence electrons. The van der Waals surface area contributed by atoms with Crippen molar-refractivity contribution in [1.82, 2.24) is 0 Å². The molecule has 0 aromatic heterocycles. The number of nitrogens with one attached hydrogen (secondary N) is 2. The Bertz CT molecular complexity index is 646. The number of carbonyl (C=O) groups excluding carboxylic acids is 1. The van der Waals surface area contributed by atoms with Gasteiger partial charge in [-0.05, 0) is 52.7 Å². The van der Waals surface area contributed by atoms with Crippen LogP contribution in [-0.2, 0) is 0 Å². The maximum Gasteiger partial charge on any atom is 0.257 e. The van der Waals surface area contributed by atoms with E-state index in [4.69, 9.17) is 11.6 Å². The van der Waals surface area contributed by atoms with Crippen molar-refractivity contribution in [2.45, 2.75) is 13.3 Å². The number of carbonyl (C=O) groups is 1. The van der Waals surface area contributed by atoms with Crippen LogP contribution in [0.4, 0.5) is 11.4 Å². The monoisotopic (exact) mass is 366 g/mol. The van der Waals surface area contributed by atoms with Gasteiger partial charge >= 0.3 is 0 Å². The van der Waals surface area contributed by atoms with Crippen LogP contribution >= 0.6 is 27.5 Å². The van der Waals surface area contributed by atoms with Gasteiger partial charge in [-0.25, -0.2) is 0 Å². The molecule has 0 aliphatic rings. The molecule has 0 spiro atoms. The zero-order valence-electron chi connectivity index (χ0n) is 11.6. The quantitative estimate of drug-likeness (QED) is 0.765. The lowest BCUT2D eigenvalue weighted by molar-refractivity contribution is 0.102. The van der Waals surface area contributed by atoms with Crippen molar-refractivity contribution >= 4 is 44.8 Å². The van der Waals surface area contributed by atoms with E-state index in [0.717, 1.165) is 23.1 Å². The molecule has 2 N–H and O–H groups in total. The maximum absolute atomic E-state index is 12.4. The number of benzene rings is 2. The van der Waals surface area contributed by atoms with E-state index < -0.39 is 0 Å². The topological polar surface area (TPSA) is 41.1 Å². The fourth-order valence-corrected chi connectivity index (χ4v) is 2.36. The van der Waals surface area contributed by atoms with Crippen LogP contribution in [0.5, 0.6) is 0 Å². The first-order valence-electron chi connectivity index (χ1n) is 6.71. The highest BCUT2D eigenvalue weighted by molar-refractivity contribution is 9.10. The van der Waals surface area contributed by atoms with E-state index >= 15 is 0 Å². The molecule has 0 atom stereocenters. The van der Waals surface area contributed by atoms with E-state index in [0.29, 0.717) is 16.3 Å². The lowest BCUT2D eigenvalue weighted by Gasteiger charge is -2.12. The van der Waals surface area contributed by atoms with Gasteiger partial charge in [-0.15, -0.1) is 0 Å². The minimum absolute atomic E-state index is 0.150. The van der Waals surface area contributed by atoms with Crippen molar-refractivity contribution in [3.05, 3.63) is 57.5 Å². The van der Waals surface area contributed by atoms with Crippen LogP contribution in [0.3, 0.4) is 0 Å². The van der Waals surface area contributed by atoms with E-state index in [1.165, 1.54) is 0 Å². The Balaban J connectivity index is 2.18. The number of para-hydroxylation sites is 1. The minimum Gasteiger partial charge on any atom is -0.384 e. The van der Waals surface area contributed by atoms with Gasteiger partial charge in [0.15, 0.2) is 0 Å². The Labute approximate surface area is 137 Å². The third-order valence-corrected chi connectivity index (χ3v) is 4.13. The Kier molecular flexibility index (Phi) is 5.65. The lowest BCUT2D eigenvalue weighted by atomic mass is 10.1.